The molecule has 1 aromatic rings. The number of carbonyl (C=O) groups is 1. The van der Waals surface area contributed by atoms with E-state index in [1.807, 2.05) is 0 Å². The summed E-state index contributed by atoms with van der Waals surface area (Å²) in [6.07, 6.45) is 2.54. The molecule has 2 atom stereocenters. The summed E-state index contributed by atoms with van der Waals surface area (Å²) in [5.41, 5.74) is 0.132. The molecular weight excluding hydrogens is 221 g/mol. The Kier molecular flexibility index (Phi) is 2.55. The van der Waals surface area contributed by atoms with Crippen molar-refractivity contribution in [3.05, 3.63) is 29.8 Å². The van der Waals surface area contributed by atoms with Crippen LogP contribution in [-0.2, 0) is 0 Å². The second-order valence-electron chi connectivity index (χ2n) is 4.74. The molecule has 2 aliphatic heterocycles. The molecule has 3 rings (SSSR count). The summed E-state index contributed by atoms with van der Waals surface area (Å²) in [7, 11) is 0. The van der Waals surface area contributed by atoms with E-state index >= 15 is 0 Å². The third-order valence-corrected chi connectivity index (χ3v) is 3.68. The zero-order valence-corrected chi connectivity index (χ0v) is 9.40. The molecule has 0 spiro atoms. The number of amides is 1. The highest BCUT2D eigenvalue weighted by Gasteiger charge is 2.38. The fraction of sp³-hybridized carbons (Fsp3) is 0.500. The summed E-state index contributed by atoms with van der Waals surface area (Å²) in [4.78, 5) is 17.6. The van der Waals surface area contributed by atoms with Crippen LogP contribution in [-0.4, -0.2) is 42.0 Å². The van der Waals surface area contributed by atoms with Gasteiger partial charge in [-0.25, -0.2) is 4.39 Å². The van der Waals surface area contributed by atoms with Crippen LogP contribution in [0.1, 0.15) is 10.4 Å². The SMILES string of the molecule is O=C(c1ccncc1F)N1CC2CNCC2C1. The quantitative estimate of drug-likeness (QED) is 0.771. The lowest BCUT2D eigenvalue weighted by atomic mass is 10.0. The molecule has 2 fully saturated rings. The molecule has 0 bridgehead atoms. The molecule has 0 radical (unpaired) electrons. The Labute approximate surface area is 98.8 Å². The highest BCUT2D eigenvalue weighted by atomic mass is 19.1. The number of pyridine rings is 1. The molecule has 1 amide bonds. The van der Waals surface area contributed by atoms with Crippen LogP contribution in [0.2, 0.25) is 0 Å². The van der Waals surface area contributed by atoms with Crippen molar-refractivity contribution in [3.63, 3.8) is 0 Å². The maximum absolute atomic E-state index is 13.5. The van der Waals surface area contributed by atoms with Crippen LogP contribution < -0.4 is 5.32 Å². The van der Waals surface area contributed by atoms with Crippen LogP contribution in [0.5, 0.6) is 0 Å². The molecule has 3 heterocycles. The second-order valence-corrected chi connectivity index (χ2v) is 4.74. The number of likely N-dealkylation sites (tertiary alicyclic amines) is 1. The molecule has 0 aromatic carbocycles. The molecule has 90 valence electrons. The Bertz CT molecular complexity index is 439. The van der Waals surface area contributed by atoms with Gasteiger partial charge in [-0.2, -0.15) is 0 Å². The van der Waals surface area contributed by atoms with Crippen LogP contribution in [0.15, 0.2) is 18.5 Å². The number of carbonyl (C=O) groups excluding carboxylic acids is 1. The van der Waals surface area contributed by atoms with E-state index in [2.05, 4.69) is 10.3 Å². The van der Waals surface area contributed by atoms with E-state index in [4.69, 9.17) is 0 Å². The number of halogens is 1. The zero-order chi connectivity index (χ0) is 11.8. The number of hydrogen-bond donors (Lipinski definition) is 1. The smallest absolute Gasteiger partial charge is 0.256 e. The predicted octanol–water partition coefficient (Wildman–Crippen LogP) is 0.512. The fourth-order valence-corrected chi connectivity index (χ4v) is 2.74. The van der Waals surface area contributed by atoms with Gasteiger partial charge in [0.05, 0.1) is 11.8 Å². The fourth-order valence-electron chi connectivity index (χ4n) is 2.74. The van der Waals surface area contributed by atoms with Crippen LogP contribution in [0.3, 0.4) is 0 Å². The summed E-state index contributed by atoms with van der Waals surface area (Å²) in [6.45, 7) is 3.40. The number of nitrogens with one attached hydrogen (secondary N) is 1. The third-order valence-electron chi connectivity index (χ3n) is 3.68. The van der Waals surface area contributed by atoms with Gasteiger partial charge in [0.1, 0.15) is 0 Å². The largest absolute Gasteiger partial charge is 0.338 e. The van der Waals surface area contributed by atoms with Gasteiger partial charge in [-0.05, 0) is 17.9 Å². The van der Waals surface area contributed by atoms with Gasteiger partial charge < -0.3 is 10.2 Å². The van der Waals surface area contributed by atoms with Crippen molar-refractivity contribution in [1.82, 2.24) is 15.2 Å². The Hall–Kier alpha value is -1.49. The molecule has 2 unspecified atom stereocenters. The summed E-state index contributed by atoms with van der Waals surface area (Å²) in [6, 6.07) is 1.45. The summed E-state index contributed by atoms with van der Waals surface area (Å²) in [5, 5.41) is 3.31. The molecule has 0 aliphatic carbocycles. The first-order chi connectivity index (χ1) is 8.25. The lowest BCUT2D eigenvalue weighted by Crippen LogP contribution is -2.32. The van der Waals surface area contributed by atoms with Gasteiger partial charge in [0, 0.05) is 32.4 Å². The van der Waals surface area contributed by atoms with Crippen LogP contribution in [0, 0.1) is 17.7 Å². The van der Waals surface area contributed by atoms with E-state index in [1.165, 1.54) is 12.3 Å². The van der Waals surface area contributed by atoms with Crippen molar-refractivity contribution in [3.8, 4) is 0 Å². The van der Waals surface area contributed by atoms with Crippen LogP contribution in [0.4, 0.5) is 4.39 Å². The summed E-state index contributed by atoms with van der Waals surface area (Å²) in [5.74, 6) is 0.319. The van der Waals surface area contributed by atoms with Crippen molar-refractivity contribution in [2.75, 3.05) is 26.2 Å². The van der Waals surface area contributed by atoms with Gasteiger partial charge in [-0.3, -0.25) is 9.78 Å². The van der Waals surface area contributed by atoms with E-state index in [0.717, 1.165) is 32.4 Å². The van der Waals surface area contributed by atoms with Gasteiger partial charge in [0.25, 0.3) is 5.91 Å². The van der Waals surface area contributed by atoms with Gasteiger partial charge in [-0.1, -0.05) is 0 Å². The minimum Gasteiger partial charge on any atom is -0.338 e. The topological polar surface area (TPSA) is 45.2 Å². The minimum atomic E-state index is -0.535. The first-order valence-corrected chi connectivity index (χ1v) is 5.85. The Morgan fingerprint density at radius 1 is 1.41 bits per heavy atom. The molecule has 17 heavy (non-hydrogen) atoms. The molecule has 2 aliphatic rings. The van der Waals surface area contributed by atoms with Crippen LogP contribution in [0.25, 0.3) is 0 Å². The van der Waals surface area contributed by atoms with E-state index in [9.17, 15) is 9.18 Å². The highest BCUT2D eigenvalue weighted by Crippen LogP contribution is 2.27. The van der Waals surface area contributed by atoms with E-state index in [1.54, 1.807) is 4.90 Å². The molecule has 1 N–H and O–H groups in total. The molecule has 0 saturated carbocycles. The van der Waals surface area contributed by atoms with Crippen LogP contribution >= 0.6 is 0 Å². The van der Waals surface area contributed by atoms with Crippen molar-refractivity contribution >= 4 is 5.91 Å². The number of nitrogens with zero attached hydrogens (tertiary/aromatic N) is 2. The maximum atomic E-state index is 13.5. The Balaban J connectivity index is 1.78. The third kappa shape index (κ3) is 1.80. The lowest BCUT2D eigenvalue weighted by Gasteiger charge is -2.17. The Morgan fingerprint density at radius 3 is 2.76 bits per heavy atom. The minimum absolute atomic E-state index is 0.132. The zero-order valence-electron chi connectivity index (χ0n) is 9.40. The van der Waals surface area contributed by atoms with E-state index < -0.39 is 5.82 Å². The van der Waals surface area contributed by atoms with Crippen molar-refractivity contribution in [2.24, 2.45) is 11.8 Å². The second kappa shape index (κ2) is 4.07. The summed E-state index contributed by atoms with van der Waals surface area (Å²) < 4.78 is 13.5. The number of rotatable bonds is 1. The Morgan fingerprint density at radius 2 is 2.12 bits per heavy atom. The van der Waals surface area contributed by atoms with Crippen molar-refractivity contribution in [1.29, 1.82) is 0 Å². The van der Waals surface area contributed by atoms with Gasteiger partial charge >= 0.3 is 0 Å². The molecule has 2 saturated heterocycles. The van der Waals surface area contributed by atoms with Gasteiger partial charge in [0.15, 0.2) is 5.82 Å². The normalized spacial score (nSPS) is 27.2. The number of hydrogen-bond acceptors (Lipinski definition) is 3. The maximum Gasteiger partial charge on any atom is 0.256 e. The van der Waals surface area contributed by atoms with Crippen molar-refractivity contribution in [2.45, 2.75) is 0 Å². The van der Waals surface area contributed by atoms with Gasteiger partial charge in [-0.15, -0.1) is 0 Å². The standard InChI is InChI=1S/C12H14FN3O/c13-11-5-14-2-1-10(11)12(17)16-6-8-3-15-4-9(8)7-16/h1-2,5,8-9,15H,3-4,6-7H2. The summed E-state index contributed by atoms with van der Waals surface area (Å²) >= 11 is 0. The van der Waals surface area contributed by atoms with Gasteiger partial charge in [0.2, 0.25) is 0 Å². The molecule has 4 nitrogen and oxygen atoms in total. The monoisotopic (exact) mass is 235 g/mol. The molecule has 1 aromatic heterocycles. The average molecular weight is 235 g/mol. The number of fused-ring (bicyclic) bond motifs is 1. The predicted molar refractivity (Wildman–Crippen MR) is 59.9 cm³/mol. The first-order valence-electron chi connectivity index (χ1n) is 5.85. The van der Waals surface area contributed by atoms with Crippen molar-refractivity contribution < 1.29 is 9.18 Å². The molecule has 5 heteroatoms. The van der Waals surface area contributed by atoms with E-state index in [0.29, 0.717) is 11.8 Å². The highest BCUT2D eigenvalue weighted by molar-refractivity contribution is 5.94. The van der Waals surface area contributed by atoms with E-state index in [-0.39, 0.29) is 11.5 Å². The number of aromatic nitrogens is 1. The lowest BCUT2D eigenvalue weighted by molar-refractivity contribution is 0.0777. The first kappa shape index (κ1) is 10.7. The molecular formula is C12H14FN3O. The average Bonchev–Trinajstić information content (AvgIpc) is 2.88.